The van der Waals surface area contributed by atoms with Crippen LogP contribution in [-0.2, 0) is 6.54 Å². The molecule has 108 valence electrons. The SMILES string of the molecule is OC(CNCc1nc2ncccn2n1)C1(O)CCCC1. The Morgan fingerprint density at radius 2 is 2.20 bits per heavy atom. The molecular formula is C13H19N5O2. The predicted octanol–water partition coefficient (Wildman–Crippen LogP) is -0.120. The van der Waals surface area contributed by atoms with Crippen LogP contribution in [0.2, 0.25) is 0 Å². The first-order valence-corrected chi connectivity index (χ1v) is 6.95. The van der Waals surface area contributed by atoms with Crippen LogP contribution in [0.3, 0.4) is 0 Å². The molecule has 2 aromatic rings. The van der Waals surface area contributed by atoms with Crippen molar-refractivity contribution in [2.75, 3.05) is 6.54 Å². The Balaban J connectivity index is 1.54. The van der Waals surface area contributed by atoms with E-state index in [1.54, 1.807) is 23.0 Å². The summed E-state index contributed by atoms with van der Waals surface area (Å²) >= 11 is 0. The molecule has 0 bridgehead atoms. The van der Waals surface area contributed by atoms with Crippen molar-refractivity contribution in [3.05, 3.63) is 24.3 Å². The molecule has 1 unspecified atom stereocenters. The Morgan fingerprint density at radius 3 is 2.95 bits per heavy atom. The summed E-state index contributed by atoms with van der Waals surface area (Å²) in [6.07, 6.45) is 6.01. The number of aromatic nitrogens is 4. The molecule has 1 atom stereocenters. The van der Waals surface area contributed by atoms with Gasteiger partial charge in [0, 0.05) is 18.9 Å². The maximum Gasteiger partial charge on any atom is 0.252 e. The zero-order chi connectivity index (χ0) is 14.0. The van der Waals surface area contributed by atoms with Crippen LogP contribution in [0, 0.1) is 0 Å². The van der Waals surface area contributed by atoms with Crippen LogP contribution in [0.1, 0.15) is 31.5 Å². The van der Waals surface area contributed by atoms with Gasteiger partial charge in [0.25, 0.3) is 5.78 Å². The highest BCUT2D eigenvalue weighted by molar-refractivity contribution is 5.24. The second-order valence-electron chi connectivity index (χ2n) is 5.35. The number of aliphatic hydroxyl groups excluding tert-OH is 1. The summed E-state index contributed by atoms with van der Waals surface area (Å²) in [4.78, 5) is 8.35. The van der Waals surface area contributed by atoms with E-state index in [1.807, 2.05) is 0 Å². The van der Waals surface area contributed by atoms with Gasteiger partial charge in [-0.2, -0.15) is 4.98 Å². The molecule has 0 saturated heterocycles. The number of hydrogen-bond acceptors (Lipinski definition) is 6. The molecule has 1 aliphatic carbocycles. The fourth-order valence-electron chi connectivity index (χ4n) is 2.68. The quantitative estimate of drug-likeness (QED) is 0.705. The van der Waals surface area contributed by atoms with Gasteiger partial charge >= 0.3 is 0 Å². The summed E-state index contributed by atoms with van der Waals surface area (Å²) in [5, 5.41) is 27.6. The van der Waals surface area contributed by atoms with Crippen LogP contribution in [-0.4, -0.2) is 48.0 Å². The lowest BCUT2D eigenvalue weighted by molar-refractivity contribution is -0.0682. The van der Waals surface area contributed by atoms with Crippen molar-refractivity contribution in [1.82, 2.24) is 24.9 Å². The Labute approximate surface area is 116 Å². The summed E-state index contributed by atoms with van der Waals surface area (Å²) < 4.78 is 1.61. The molecular weight excluding hydrogens is 258 g/mol. The highest BCUT2D eigenvalue weighted by Crippen LogP contribution is 2.32. The first-order valence-electron chi connectivity index (χ1n) is 6.95. The molecule has 0 spiro atoms. The number of nitrogens with one attached hydrogen (secondary N) is 1. The molecule has 2 heterocycles. The van der Waals surface area contributed by atoms with E-state index >= 15 is 0 Å². The second-order valence-corrected chi connectivity index (χ2v) is 5.35. The lowest BCUT2D eigenvalue weighted by Crippen LogP contribution is -2.45. The van der Waals surface area contributed by atoms with E-state index in [1.165, 1.54) is 0 Å². The molecule has 3 rings (SSSR count). The van der Waals surface area contributed by atoms with Crippen molar-refractivity contribution in [2.24, 2.45) is 0 Å². The Hall–Kier alpha value is -1.57. The summed E-state index contributed by atoms with van der Waals surface area (Å²) in [6.45, 7) is 0.774. The summed E-state index contributed by atoms with van der Waals surface area (Å²) in [5.41, 5.74) is -0.930. The van der Waals surface area contributed by atoms with Gasteiger partial charge in [-0.15, -0.1) is 5.10 Å². The fraction of sp³-hybridized carbons (Fsp3) is 0.615. The highest BCUT2D eigenvalue weighted by atomic mass is 16.3. The van der Waals surface area contributed by atoms with Crippen molar-refractivity contribution in [3.8, 4) is 0 Å². The molecule has 0 amide bonds. The molecule has 0 aliphatic heterocycles. The van der Waals surface area contributed by atoms with Crippen LogP contribution in [0.25, 0.3) is 5.78 Å². The maximum atomic E-state index is 10.2. The number of rotatable bonds is 5. The Bertz CT molecular complexity index is 546. The number of fused-ring (bicyclic) bond motifs is 1. The number of hydrogen-bond donors (Lipinski definition) is 3. The van der Waals surface area contributed by atoms with Crippen molar-refractivity contribution in [1.29, 1.82) is 0 Å². The lowest BCUT2D eigenvalue weighted by Gasteiger charge is -2.28. The number of nitrogens with zero attached hydrogens (tertiary/aromatic N) is 4. The largest absolute Gasteiger partial charge is 0.389 e. The molecule has 2 aromatic heterocycles. The summed E-state index contributed by atoms with van der Waals surface area (Å²) in [5.74, 6) is 1.17. The predicted molar refractivity (Wildman–Crippen MR) is 71.9 cm³/mol. The van der Waals surface area contributed by atoms with Crippen molar-refractivity contribution in [2.45, 2.75) is 43.9 Å². The summed E-state index contributed by atoms with van der Waals surface area (Å²) in [6, 6.07) is 1.79. The third-order valence-corrected chi connectivity index (χ3v) is 3.87. The van der Waals surface area contributed by atoms with Crippen LogP contribution in [0.4, 0.5) is 0 Å². The molecule has 7 nitrogen and oxygen atoms in total. The smallest absolute Gasteiger partial charge is 0.252 e. The minimum atomic E-state index is -0.930. The zero-order valence-electron chi connectivity index (χ0n) is 11.2. The van der Waals surface area contributed by atoms with E-state index in [-0.39, 0.29) is 0 Å². The third-order valence-electron chi connectivity index (χ3n) is 3.87. The third kappa shape index (κ3) is 2.65. The van der Waals surface area contributed by atoms with Gasteiger partial charge in [-0.05, 0) is 18.9 Å². The van der Waals surface area contributed by atoms with Crippen LogP contribution in [0.5, 0.6) is 0 Å². The fourth-order valence-corrected chi connectivity index (χ4v) is 2.68. The van der Waals surface area contributed by atoms with E-state index < -0.39 is 11.7 Å². The topological polar surface area (TPSA) is 95.6 Å². The molecule has 1 aliphatic rings. The second kappa shape index (κ2) is 5.43. The number of aliphatic hydroxyl groups is 2. The monoisotopic (exact) mass is 277 g/mol. The average Bonchev–Trinajstić information content (AvgIpc) is 3.05. The van der Waals surface area contributed by atoms with Gasteiger partial charge < -0.3 is 15.5 Å². The van der Waals surface area contributed by atoms with Gasteiger partial charge in [0.15, 0.2) is 5.82 Å². The van der Waals surface area contributed by atoms with E-state index in [0.717, 1.165) is 12.8 Å². The Morgan fingerprint density at radius 1 is 1.40 bits per heavy atom. The van der Waals surface area contributed by atoms with Gasteiger partial charge in [-0.3, -0.25) is 0 Å². The molecule has 3 N–H and O–H groups in total. The van der Waals surface area contributed by atoms with E-state index in [0.29, 0.717) is 37.5 Å². The highest BCUT2D eigenvalue weighted by Gasteiger charge is 2.37. The van der Waals surface area contributed by atoms with Gasteiger partial charge in [0.1, 0.15) is 0 Å². The molecule has 1 saturated carbocycles. The van der Waals surface area contributed by atoms with E-state index in [4.69, 9.17) is 0 Å². The molecule has 20 heavy (non-hydrogen) atoms. The maximum absolute atomic E-state index is 10.2. The van der Waals surface area contributed by atoms with Gasteiger partial charge in [-0.1, -0.05) is 12.8 Å². The Kier molecular flexibility index (Phi) is 3.64. The molecule has 0 radical (unpaired) electrons. The van der Waals surface area contributed by atoms with Gasteiger partial charge in [-0.25, -0.2) is 9.50 Å². The normalized spacial score (nSPS) is 19.5. The van der Waals surface area contributed by atoms with Crippen molar-refractivity contribution in [3.63, 3.8) is 0 Å². The van der Waals surface area contributed by atoms with E-state index in [9.17, 15) is 10.2 Å². The average molecular weight is 277 g/mol. The molecule has 0 aromatic carbocycles. The first-order chi connectivity index (χ1) is 9.67. The van der Waals surface area contributed by atoms with E-state index in [2.05, 4.69) is 20.4 Å². The first kappa shape index (κ1) is 13.4. The molecule has 7 heteroatoms. The minimum absolute atomic E-state index is 0.333. The van der Waals surface area contributed by atoms with Crippen LogP contribution >= 0.6 is 0 Å². The molecule has 1 fully saturated rings. The van der Waals surface area contributed by atoms with Crippen LogP contribution in [0.15, 0.2) is 18.5 Å². The standard InChI is InChI=1S/C13H19N5O2/c19-10(13(20)4-1-2-5-13)8-14-9-11-16-12-15-6-3-7-18(12)17-11/h3,6-7,10,14,19-20H,1-2,4-5,8-9H2. The summed E-state index contributed by atoms with van der Waals surface area (Å²) in [7, 11) is 0. The van der Waals surface area contributed by atoms with Crippen LogP contribution < -0.4 is 5.32 Å². The zero-order valence-corrected chi connectivity index (χ0v) is 11.2. The lowest BCUT2D eigenvalue weighted by atomic mass is 9.95. The minimum Gasteiger partial charge on any atom is -0.389 e. The van der Waals surface area contributed by atoms with Gasteiger partial charge in [0.05, 0.1) is 18.2 Å². The van der Waals surface area contributed by atoms with Crippen molar-refractivity contribution < 1.29 is 10.2 Å². The van der Waals surface area contributed by atoms with Gasteiger partial charge in [0.2, 0.25) is 0 Å². The van der Waals surface area contributed by atoms with Crippen molar-refractivity contribution >= 4 is 5.78 Å².